The Balaban J connectivity index is 1.78. The SMILES string of the molecule is CC(C)(C)c1csc(CC(=O)CCCc2cccs2)n1. The highest BCUT2D eigenvalue weighted by Gasteiger charge is 2.18. The molecule has 0 aliphatic carbocycles. The van der Waals surface area contributed by atoms with E-state index >= 15 is 0 Å². The second kappa shape index (κ2) is 6.64. The quantitative estimate of drug-likeness (QED) is 0.778. The summed E-state index contributed by atoms with van der Waals surface area (Å²) < 4.78 is 0. The second-order valence-corrected chi connectivity index (χ2v) is 8.00. The van der Waals surface area contributed by atoms with Gasteiger partial charge in [-0.1, -0.05) is 26.8 Å². The number of hydrogen-bond donors (Lipinski definition) is 0. The van der Waals surface area contributed by atoms with E-state index in [1.165, 1.54) is 4.88 Å². The molecule has 2 aromatic heterocycles. The largest absolute Gasteiger partial charge is 0.299 e. The smallest absolute Gasteiger partial charge is 0.139 e. The second-order valence-electron chi connectivity index (χ2n) is 6.02. The lowest BCUT2D eigenvalue weighted by Crippen LogP contribution is -2.12. The molecule has 0 fully saturated rings. The van der Waals surface area contributed by atoms with Crippen LogP contribution in [0.3, 0.4) is 0 Å². The van der Waals surface area contributed by atoms with E-state index in [-0.39, 0.29) is 5.41 Å². The van der Waals surface area contributed by atoms with Crippen LogP contribution in [-0.2, 0) is 23.1 Å². The topological polar surface area (TPSA) is 30.0 Å². The van der Waals surface area contributed by atoms with Crippen LogP contribution >= 0.6 is 22.7 Å². The summed E-state index contributed by atoms with van der Waals surface area (Å²) in [4.78, 5) is 17.9. The van der Waals surface area contributed by atoms with Crippen LogP contribution in [0.2, 0.25) is 0 Å². The Hall–Kier alpha value is -1.00. The van der Waals surface area contributed by atoms with E-state index in [0.29, 0.717) is 18.6 Å². The first-order chi connectivity index (χ1) is 9.45. The Morgan fingerprint density at radius 3 is 2.70 bits per heavy atom. The lowest BCUT2D eigenvalue weighted by Gasteiger charge is -2.14. The molecule has 0 atom stereocenters. The maximum Gasteiger partial charge on any atom is 0.139 e. The number of Topliss-reactive ketones (excluding diaryl/α,β-unsaturated/α-hetero) is 1. The molecule has 2 aromatic rings. The highest BCUT2D eigenvalue weighted by Crippen LogP contribution is 2.24. The average molecular weight is 307 g/mol. The van der Waals surface area contributed by atoms with Gasteiger partial charge in [-0.2, -0.15) is 0 Å². The molecule has 0 spiro atoms. The molecule has 20 heavy (non-hydrogen) atoms. The first-order valence-electron chi connectivity index (χ1n) is 6.94. The molecule has 0 saturated carbocycles. The Bertz CT molecular complexity index is 549. The first-order valence-corrected chi connectivity index (χ1v) is 8.70. The van der Waals surface area contributed by atoms with Crippen molar-refractivity contribution >= 4 is 28.5 Å². The Kier molecular flexibility index (Phi) is 5.11. The summed E-state index contributed by atoms with van der Waals surface area (Å²) in [6.07, 6.45) is 3.10. The minimum absolute atomic E-state index is 0.0664. The van der Waals surface area contributed by atoms with E-state index < -0.39 is 0 Å². The molecule has 0 aromatic carbocycles. The standard InChI is InChI=1S/C16H21NOS2/c1-16(2,3)14-11-20-15(17-14)10-12(18)6-4-7-13-8-5-9-19-13/h5,8-9,11H,4,6-7,10H2,1-3H3. The third-order valence-corrected chi connectivity index (χ3v) is 4.91. The van der Waals surface area contributed by atoms with Crippen molar-refractivity contribution in [2.24, 2.45) is 0 Å². The molecule has 0 bridgehead atoms. The number of carbonyl (C=O) groups excluding carboxylic acids is 1. The summed E-state index contributed by atoms with van der Waals surface area (Å²) >= 11 is 3.37. The number of carbonyl (C=O) groups is 1. The van der Waals surface area contributed by atoms with Crippen molar-refractivity contribution in [3.05, 3.63) is 38.5 Å². The number of hydrogen-bond acceptors (Lipinski definition) is 4. The molecule has 2 rings (SSSR count). The molecule has 0 amide bonds. The molecule has 0 N–H and O–H groups in total. The van der Waals surface area contributed by atoms with Crippen LogP contribution in [-0.4, -0.2) is 10.8 Å². The van der Waals surface area contributed by atoms with Crippen molar-refractivity contribution in [2.45, 2.75) is 51.9 Å². The van der Waals surface area contributed by atoms with Crippen molar-refractivity contribution in [2.75, 3.05) is 0 Å². The van der Waals surface area contributed by atoms with Gasteiger partial charge >= 0.3 is 0 Å². The van der Waals surface area contributed by atoms with Crippen LogP contribution in [0, 0.1) is 0 Å². The molecule has 0 radical (unpaired) electrons. The van der Waals surface area contributed by atoms with Crippen molar-refractivity contribution < 1.29 is 4.79 Å². The van der Waals surface area contributed by atoms with Crippen LogP contribution in [0.1, 0.15) is 49.2 Å². The number of aromatic nitrogens is 1. The molecule has 0 aliphatic rings. The van der Waals surface area contributed by atoms with Crippen LogP contribution < -0.4 is 0 Å². The molecule has 0 saturated heterocycles. The van der Waals surface area contributed by atoms with E-state index in [0.717, 1.165) is 23.5 Å². The van der Waals surface area contributed by atoms with Gasteiger partial charge in [-0.15, -0.1) is 22.7 Å². The van der Waals surface area contributed by atoms with E-state index in [1.807, 2.05) is 0 Å². The zero-order chi connectivity index (χ0) is 14.6. The summed E-state index contributed by atoms with van der Waals surface area (Å²) in [5.41, 5.74) is 1.15. The third-order valence-electron chi connectivity index (χ3n) is 3.13. The normalized spacial score (nSPS) is 11.8. The van der Waals surface area contributed by atoms with Gasteiger partial charge in [-0.05, 0) is 24.3 Å². The third kappa shape index (κ3) is 4.53. The average Bonchev–Trinajstić information content (AvgIpc) is 2.98. The fourth-order valence-corrected chi connectivity index (χ4v) is 3.71. The van der Waals surface area contributed by atoms with Crippen LogP contribution in [0.5, 0.6) is 0 Å². The molecule has 4 heteroatoms. The molecular formula is C16H21NOS2. The van der Waals surface area contributed by atoms with E-state index in [1.54, 1.807) is 22.7 Å². The molecule has 2 heterocycles. The Morgan fingerprint density at radius 2 is 2.10 bits per heavy atom. The fourth-order valence-electron chi connectivity index (χ4n) is 1.91. The van der Waals surface area contributed by atoms with E-state index in [9.17, 15) is 4.79 Å². The van der Waals surface area contributed by atoms with Gasteiger partial charge in [0.2, 0.25) is 0 Å². The van der Waals surface area contributed by atoms with Gasteiger partial charge in [0.05, 0.1) is 12.1 Å². The number of aryl methyl sites for hydroxylation is 1. The summed E-state index contributed by atoms with van der Waals surface area (Å²) in [7, 11) is 0. The van der Waals surface area contributed by atoms with Gasteiger partial charge in [0.25, 0.3) is 0 Å². The van der Waals surface area contributed by atoms with Crippen molar-refractivity contribution in [3.63, 3.8) is 0 Å². The highest BCUT2D eigenvalue weighted by molar-refractivity contribution is 7.10. The first kappa shape index (κ1) is 15.4. The minimum atomic E-state index is 0.0664. The van der Waals surface area contributed by atoms with Gasteiger partial charge in [0.15, 0.2) is 0 Å². The Labute approximate surface area is 128 Å². The molecule has 0 unspecified atom stereocenters. The number of thiazole rings is 1. The number of nitrogens with zero attached hydrogens (tertiary/aromatic N) is 1. The Morgan fingerprint density at radius 1 is 1.30 bits per heavy atom. The zero-order valence-electron chi connectivity index (χ0n) is 12.3. The summed E-state index contributed by atoms with van der Waals surface area (Å²) in [6, 6.07) is 4.19. The maximum atomic E-state index is 12.0. The summed E-state index contributed by atoms with van der Waals surface area (Å²) in [6.45, 7) is 6.44. The number of thiophene rings is 1. The van der Waals surface area contributed by atoms with Gasteiger partial charge in [-0.25, -0.2) is 4.98 Å². The predicted molar refractivity (Wildman–Crippen MR) is 86.8 cm³/mol. The van der Waals surface area contributed by atoms with Crippen LogP contribution in [0.4, 0.5) is 0 Å². The van der Waals surface area contributed by atoms with Crippen molar-refractivity contribution in [1.82, 2.24) is 4.98 Å². The van der Waals surface area contributed by atoms with E-state index in [4.69, 9.17) is 0 Å². The van der Waals surface area contributed by atoms with Gasteiger partial charge in [0.1, 0.15) is 10.8 Å². The molecule has 2 nitrogen and oxygen atoms in total. The fraction of sp³-hybridized carbons (Fsp3) is 0.500. The summed E-state index contributed by atoms with van der Waals surface area (Å²) in [5, 5.41) is 5.12. The van der Waals surface area contributed by atoms with Crippen LogP contribution in [0.15, 0.2) is 22.9 Å². The zero-order valence-corrected chi connectivity index (χ0v) is 13.9. The lowest BCUT2D eigenvalue weighted by atomic mass is 9.93. The van der Waals surface area contributed by atoms with Crippen molar-refractivity contribution in [1.29, 1.82) is 0 Å². The van der Waals surface area contributed by atoms with Crippen LogP contribution in [0.25, 0.3) is 0 Å². The molecule has 108 valence electrons. The summed E-state index contributed by atoms with van der Waals surface area (Å²) in [5.74, 6) is 0.302. The van der Waals surface area contributed by atoms with Crippen molar-refractivity contribution in [3.8, 4) is 0 Å². The maximum absolute atomic E-state index is 12.0. The lowest BCUT2D eigenvalue weighted by molar-refractivity contribution is -0.118. The monoisotopic (exact) mass is 307 g/mol. The van der Waals surface area contributed by atoms with Gasteiger partial charge in [-0.3, -0.25) is 4.79 Å². The molecular weight excluding hydrogens is 286 g/mol. The van der Waals surface area contributed by atoms with E-state index in [2.05, 4.69) is 48.6 Å². The predicted octanol–water partition coefficient (Wildman–Crippen LogP) is 4.64. The highest BCUT2D eigenvalue weighted by atomic mass is 32.1. The number of ketones is 1. The van der Waals surface area contributed by atoms with Gasteiger partial charge < -0.3 is 0 Å². The minimum Gasteiger partial charge on any atom is -0.299 e. The molecule has 0 aliphatic heterocycles. The number of rotatable bonds is 6. The van der Waals surface area contributed by atoms with Gasteiger partial charge in [0, 0.05) is 22.1 Å².